The molecule has 0 spiro atoms. The first kappa shape index (κ1) is 14.1. The number of rotatable bonds is 1. The van der Waals surface area contributed by atoms with Gasteiger partial charge in [0.25, 0.3) is 0 Å². The van der Waals surface area contributed by atoms with Crippen LogP contribution in [-0.2, 0) is 11.2 Å². The molecule has 0 bridgehead atoms. The average Bonchev–Trinajstić information content (AvgIpc) is 2.49. The molecule has 3 atom stereocenters. The molecule has 3 unspecified atom stereocenters. The van der Waals surface area contributed by atoms with E-state index in [1.165, 1.54) is 11.1 Å². The van der Waals surface area contributed by atoms with Crippen LogP contribution in [0.15, 0.2) is 24.3 Å². The molecule has 2 aliphatic rings. The minimum absolute atomic E-state index is 0.0963. The summed E-state index contributed by atoms with van der Waals surface area (Å²) in [5, 5.41) is 0. The van der Waals surface area contributed by atoms with Gasteiger partial charge in [-0.05, 0) is 42.7 Å². The number of alkyl halides is 1. The molecule has 1 fully saturated rings. The van der Waals surface area contributed by atoms with Crippen LogP contribution in [0.2, 0.25) is 0 Å². The summed E-state index contributed by atoms with van der Waals surface area (Å²) >= 11 is 3.71. The van der Waals surface area contributed by atoms with Gasteiger partial charge in [-0.1, -0.05) is 47.1 Å². The molecular weight excluding hydrogens is 314 g/mol. The van der Waals surface area contributed by atoms with Crippen LogP contribution in [0.3, 0.4) is 0 Å². The van der Waals surface area contributed by atoms with Crippen molar-refractivity contribution in [2.24, 2.45) is 5.92 Å². The van der Waals surface area contributed by atoms with Gasteiger partial charge < -0.3 is 4.90 Å². The number of aryl methyl sites for hydroxylation is 1. The van der Waals surface area contributed by atoms with Crippen LogP contribution in [0.5, 0.6) is 0 Å². The lowest BCUT2D eigenvalue weighted by atomic mass is 9.81. The zero-order chi connectivity index (χ0) is 14.1. The molecule has 1 aliphatic heterocycles. The van der Waals surface area contributed by atoms with Crippen LogP contribution in [0.25, 0.3) is 0 Å². The molecular formula is C17H22BrNO. The first-order valence-corrected chi connectivity index (χ1v) is 8.59. The van der Waals surface area contributed by atoms with E-state index < -0.39 is 0 Å². The third-order valence-electron chi connectivity index (χ3n) is 4.78. The summed E-state index contributed by atoms with van der Waals surface area (Å²) in [6.07, 6.45) is 4.34. The predicted molar refractivity (Wildman–Crippen MR) is 85.2 cm³/mol. The Labute approximate surface area is 129 Å². The summed E-state index contributed by atoms with van der Waals surface area (Å²) in [4.78, 5) is 15.5. The number of nitrogens with zero attached hydrogens (tertiary/aromatic N) is 1. The Bertz CT molecular complexity index is 502. The Morgan fingerprint density at radius 2 is 2.10 bits per heavy atom. The highest BCUT2D eigenvalue weighted by Gasteiger charge is 2.33. The van der Waals surface area contributed by atoms with E-state index in [-0.39, 0.29) is 5.92 Å². The SMILES string of the molecule is CC1CN(C(=O)C2CCCc3ccccc32)CCC1Br. The molecule has 20 heavy (non-hydrogen) atoms. The van der Waals surface area contributed by atoms with Crippen molar-refractivity contribution in [1.82, 2.24) is 4.90 Å². The number of amides is 1. The van der Waals surface area contributed by atoms with Gasteiger partial charge in [-0.15, -0.1) is 0 Å². The van der Waals surface area contributed by atoms with Crippen molar-refractivity contribution in [1.29, 1.82) is 0 Å². The summed E-state index contributed by atoms with van der Waals surface area (Å²) in [5.74, 6) is 0.994. The molecule has 0 N–H and O–H groups in total. The second kappa shape index (κ2) is 5.88. The Morgan fingerprint density at radius 3 is 2.90 bits per heavy atom. The van der Waals surface area contributed by atoms with Crippen molar-refractivity contribution < 1.29 is 4.79 Å². The minimum Gasteiger partial charge on any atom is -0.342 e. The van der Waals surface area contributed by atoms with Crippen LogP contribution in [-0.4, -0.2) is 28.7 Å². The van der Waals surface area contributed by atoms with E-state index in [0.717, 1.165) is 38.8 Å². The highest BCUT2D eigenvalue weighted by Crippen LogP contribution is 2.34. The van der Waals surface area contributed by atoms with Gasteiger partial charge in [-0.25, -0.2) is 0 Å². The van der Waals surface area contributed by atoms with E-state index in [1.54, 1.807) is 0 Å². The van der Waals surface area contributed by atoms with Gasteiger partial charge in [0, 0.05) is 17.9 Å². The Morgan fingerprint density at radius 1 is 1.30 bits per heavy atom. The van der Waals surface area contributed by atoms with Crippen LogP contribution in [0, 0.1) is 5.92 Å². The van der Waals surface area contributed by atoms with Crippen LogP contribution >= 0.6 is 15.9 Å². The van der Waals surface area contributed by atoms with Crippen LogP contribution in [0.4, 0.5) is 0 Å². The van der Waals surface area contributed by atoms with Gasteiger partial charge in [0.2, 0.25) is 5.91 Å². The second-order valence-corrected chi connectivity index (χ2v) is 7.39. The molecule has 1 amide bonds. The number of carbonyl (C=O) groups excluding carboxylic acids is 1. The Hall–Kier alpha value is -0.830. The molecule has 3 rings (SSSR count). The quantitative estimate of drug-likeness (QED) is 0.716. The van der Waals surface area contributed by atoms with Crippen molar-refractivity contribution in [3.63, 3.8) is 0 Å². The number of benzene rings is 1. The Kier molecular flexibility index (Phi) is 4.16. The molecule has 1 saturated heterocycles. The number of piperidine rings is 1. The first-order valence-electron chi connectivity index (χ1n) is 7.67. The summed E-state index contributed by atoms with van der Waals surface area (Å²) in [5.41, 5.74) is 2.65. The molecule has 1 aromatic carbocycles. The molecule has 0 saturated carbocycles. The highest BCUT2D eigenvalue weighted by molar-refractivity contribution is 9.09. The maximum atomic E-state index is 12.9. The van der Waals surface area contributed by atoms with E-state index in [1.807, 2.05) is 0 Å². The van der Waals surface area contributed by atoms with Crippen LogP contribution in [0.1, 0.15) is 43.2 Å². The third-order valence-corrected chi connectivity index (χ3v) is 6.14. The number of hydrogen-bond donors (Lipinski definition) is 0. The molecule has 0 radical (unpaired) electrons. The van der Waals surface area contributed by atoms with Crippen molar-refractivity contribution >= 4 is 21.8 Å². The lowest BCUT2D eigenvalue weighted by molar-refractivity contribution is -0.134. The number of likely N-dealkylation sites (tertiary alicyclic amines) is 1. The Balaban J connectivity index is 1.78. The minimum atomic E-state index is 0.0963. The van der Waals surface area contributed by atoms with E-state index >= 15 is 0 Å². The predicted octanol–water partition coefficient (Wildman–Crippen LogP) is 3.74. The fraction of sp³-hybridized carbons (Fsp3) is 0.588. The number of halogens is 1. The van der Waals surface area contributed by atoms with Gasteiger partial charge in [0.05, 0.1) is 5.92 Å². The van der Waals surface area contributed by atoms with E-state index in [2.05, 4.69) is 52.0 Å². The highest BCUT2D eigenvalue weighted by atomic mass is 79.9. The monoisotopic (exact) mass is 335 g/mol. The first-order chi connectivity index (χ1) is 9.66. The zero-order valence-electron chi connectivity index (χ0n) is 12.0. The number of carbonyl (C=O) groups is 1. The maximum absolute atomic E-state index is 12.9. The smallest absolute Gasteiger partial charge is 0.230 e. The summed E-state index contributed by atoms with van der Waals surface area (Å²) in [6, 6.07) is 8.49. The van der Waals surface area contributed by atoms with Gasteiger partial charge in [-0.2, -0.15) is 0 Å². The van der Waals surface area contributed by atoms with E-state index in [4.69, 9.17) is 0 Å². The molecule has 1 heterocycles. The zero-order valence-corrected chi connectivity index (χ0v) is 13.6. The maximum Gasteiger partial charge on any atom is 0.230 e. The second-order valence-electron chi connectivity index (χ2n) is 6.21. The lowest BCUT2D eigenvalue weighted by Crippen LogP contribution is -2.45. The normalized spacial score (nSPS) is 29.9. The summed E-state index contributed by atoms with van der Waals surface area (Å²) in [6.45, 7) is 4.03. The molecule has 3 heteroatoms. The largest absolute Gasteiger partial charge is 0.342 e. The van der Waals surface area contributed by atoms with Crippen LogP contribution < -0.4 is 0 Å². The van der Waals surface area contributed by atoms with Crippen molar-refractivity contribution in [2.75, 3.05) is 13.1 Å². The van der Waals surface area contributed by atoms with Gasteiger partial charge >= 0.3 is 0 Å². The fourth-order valence-corrected chi connectivity index (χ4v) is 3.92. The van der Waals surface area contributed by atoms with Crippen molar-refractivity contribution in [3.05, 3.63) is 35.4 Å². The van der Waals surface area contributed by atoms with Crippen molar-refractivity contribution in [3.8, 4) is 0 Å². The molecule has 108 valence electrons. The molecule has 2 nitrogen and oxygen atoms in total. The standard InChI is InChI=1S/C17H22BrNO/c1-12-11-19(10-9-16(12)18)17(20)15-8-4-6-13-5-2-3-7-14(13)15/h2-3,5,7,12,15-16H,4,6,8-11H2,1H3. The third kappa shape index (κ3) is 2.65. The average molecular weight is 336 g/mol. The number of hydrogen-bond acceptors (Lipinski definition) is 1. The van der Waals surface area contributed by atoms with Gasteiger partial charge in [0.15, 0.2) is 0 Å². The fourth-order valence-electron chi connectivity index (χ4n) is 3.55. The molecule has 1 aromatic rings. The molecule has 0 aromatic heterocycles. The van der Waals surface area contributed by atoms with E-state index in [9.17, 15) is 4.79 Å². The topological polar surface area (TPSA) is 20.3 Å². The van der Waals surface area contributed by atoms with Gasteiger partial charge in [0.1, 0.15) is 0 Å². The summed E-state index contributed by atoms with van der Waals surface area (Å²) < 4.78 is 0. The number of fused-ring (bicyclic) bond motifs is 1. The van der Waals surface area contributed by atoms with Crippen molar-refractivity contribution in [2.45, 2.75) is 43.4 Å². The van der Waals surface area contributed by atoms with E-state index in [0.29, 0.717) is 16.7 Å². The lowest BCUT2D eigenvalue weighted by Gasteiger charge is -2.37. The van der Waals surface area contributed by atoms with Gasteiger partial charge in [-0.3, -0.25) is 4.79 Å². The molecule has 1 aliphatic carbocycles. The summed E-state index contributed by atoms with van der Waals surface area (Å²) in [7, 11) is 0.